The lowest BCUT2D eigenvalue weighted by Gasteiger charge is -2.09. The highest BCUT2D eigenvalue weighted by Gasteiger charge is 2.16. The van der Waals surface area contributed by atoms with Crippen LogP contribution < -0.4 is 5.32 Å². The summed E-state index contributed by atoms with van der Waals surface area (Å²) in [7, 11) is 0. The maximum Gasteiger partial charge on any atom is 0.227 e. The number of anilines is 1. The molecule has 0 aliphatic carbocycles. The van der Waals surface area contributed by atoms with Gasteiger partial charge >= 0.3 is 0 Å². The number of aliphatic hydroxyl groups excluding tert-OH is 1. The van der Waals surface area contributed by atoms with Gasteiger partial charge in [0.15, 0.2) is 11.5 Å². The van der Waals surface area contributed by atoms with Gasteiger partial charge in [0.2, 0.25) is 5.95 Å². The molecule has 0 aromatic carbocycles. The lowest BCUT2D eigenvalue weighted by Crippen LogP contribution is -2.11. The van der Waals surface area contributed by atoms with Crippen molar-refractivity contribution in [2.24, 2.45) is 0 Å². The third kappa shape index (κ3) is 3.32. The first-order chi connectivity index (χ1) is 11.2. The highest BCUT2D eigenvalue weighted by atomic mass is 32.1. The number of nitrogens with zero attached hydrogens (tertiary/aromatic N) is 5. The number of aliphatic hydroxyl groups is 1. The second kappa shape index (κ2) is 7.01. The summed E-state index contributed by atoms with van der Waals surface area (Å²) >= 11 is 1.38. The Hall–Kier alpha value is -2.06. The van der Waals surface area contributed by atoms with Crippen LogP contribution in [-0.2, 0) is 0 Å². The minimum absolute atomic E-state index is 0.200. The first-order valence-electron chi connectivity index (χ1n) is 7.71. The summed E-state index contributed by atoms with van der Waals surface area (Å²) in [6.45, 7) is 5.18. The third-order valence-corrected chi connectivity index (χ3v) is 4.16. The van der Waals surface area contributed by atoms with Gasteiger partial charge in [-0.25, -0.2) is 9.36 Å². The molecule has 0 unspecified atom stereocenters. The highest BCUT2D eigenvalue weighted by Crippen LogP contribution is 2.24. The summed E-state index contributed by atoms with van der Waals surface area (Å²) in [4.78, 5) is 9.28. The fourth-order valence-electron chi connectivity index (χ4n) is 2.30. The second-order valence-corrected chi connectivity index (χ2v) is 6.29. The van der Waals surface area contributed by atoms with E-state index in [0.29, 0.717) is 17.7 Å². The summed E-state index contributed by atoms with van der Waals surface area (Å²) in [5.41, 5.74) is 2.82. The summed E-state index contributed by atoms with van der Waals surface area (Å²) in [5.74, 6) is 1.65. The Balaban J connectivity index is 2.02. The van der Waals surface area contributed by atoms with E-state index < -0.39 is 0 Å². The van der Waals surface area contributed by atoms with Crippen molar-refractivity contribution in [3.8, 4) is 11.4 Å². The Morgan fingerprint density at radius 2 is 2.13 bits per heavy atom. The van der Waals surface area contributed by atoms with E-state index in [9.17, 15) is 0 Å². The monoisotopic (exact) mass is 332 g/mol. The normalized spacial score (nSPS) is 11.5. The predicted octanol–water partition coefficient (Wildman–Crippen LogP) is 2.56. The summed E-state index contributed by atoms with van der Waals surface area (Å²) in [6.07, 6.45) is 5.26. The predicted molar refractivity (Wildman–Crippen MR) is 90.8 cm³/mol. The fraction of sp³-hybridized carbons (Fsp3) is 0.467. The van der Waals surface area contributed by atoms with Gasteiger partial charge in [0.1, 0.15) is 0 Å². The molecule has 8 heteroatoms. The molecule has 7 nitrogen and oxygen atoms in total. The van der Waals surface area contributed by atoms with E-state index in [-0.39, 0.29) is 6.61 Å². The zero-order valence-corrected chi connectivity index (χ0v) is 14.0. The average Bonchev–Trinajstić information content (AvgIpc) is 3.20. The van der Waals surface area contributed by atoms with Crippen molar-refractivity contribution in [2.75, 3.05) is 18.5 Å². The van der Waals surface area contributed by atoms with Crippen LogP contribution in [0.5, 0.6) is 0 Å². The van der Waals surface area contributed by atoms with Crippen molar-refractivity contribution in [1.82, 2.24) is 24.0 Å². The number of hydrogen-bond acceptors (Lipinski definition) is 7. The van der Waals surface area contributed by atoms with Crippen LogP contribution in [0, 0.1) is 0 Å². The molecule has 0 saturated carbocycles. The molecule has 23 heavy (non-hydrogen) atoms. The lowest BCUT2D eigenvalue weighted by atomic mass is 10.1. The van der Waals surface area contributed by atoms with E-state index >= 15 is 0 Å². The molecule has 0 aliphatic rings. The van der Waals surface area contributed by atoms with E-state index in [1.165, 1.54) is 11.5 Å². The van der Waals surface area contributed by atoms with Crippen molar-refractivity contribution < 1.29 is 5.11 Å². The highest BCUT2D eigenvalue weighted by molar-refractivity contribution is 7.03. The van der Waals surface area contributed by atoms with Crippen molar-refractivity contribution in [1.29, 1.82) is 0 Å². The molecule has 3 aromatic rings. The number of nitrogens with one attached hydrogen (secondary N) is 1. The van der Waals surface area contributed by atoms with Crippen LogP contribution in [0.3, 0.4) is 0 Å². The molecule has 0 bridgehead atoms. The average molecular weight is 332 g/mol. The van der Waals surface area contributed by atoms with Crippen LogP contribution in [-0.4, -0.2) is 42.2 Å². The summed E-state index contributed by atoms with van der Waals surface area (Å²) in [5, 5.41) is 18.6. The standard InChI is InChI=1S/C15H20N6OS/c1-10(2)12-8-17-21-14(12)19-13(11-7-18-23-9-11)20-15(21)16-5-3-4-6-22/h7-10,22H,3-6H2,1-2H3,(H,16,19,20). The molecule has 0 atom stereocenters. The second-order valence-electron chi connectivity index (χ2n) is 5.63. The maximum atomic E-state index is 8.89. The quantitative estimate of drug-likeness (QED) is 0.647. The van der Waals surface area contributed by atoms with E-state index in [2.05, 4.69) is 38.6 Å². The SMILES string of the molecule is CC(C)c1cnn2c(NCCCCO)nc(-c3cnsc3)nc12. The van der Waals surface area contributed by atoms with Crippen LogP contribution in [0.2, 0.25) is 0 Å². The first-order valence-corrected chi connectivity index (χ1v) is 8.54. The maximum absolute atomic E-state index is 8.89. The molecule has 122 valence electrons. The van der Waals surface area contributed by atoms with Gasteiger partial charge in [0.25, 0.3) is 0 Å². The number of rotatable bonds is 7. The van der Waals surface area contributed by atoms with Crippen LogP contribution in [0.1, 0.15) is 38.2 Å². The molecule has 2 N–H and O–H groups in total. The minimum atomic E-state index is 0.200. The molecule has 3 rings (SSSR count). The smallest absolute Gasteiger partial charge is 0.227 e. The zero-order valence-electron chi connectivity index (χ0n) is 13.2. The van der Waals surface area contributed by atoms with Gasteiger partial charge < -0.3 is 10.4 Å². The van der Waals surface area contributed by atoms with Gasteiger partial charge in [-0.1, -0.05) is 13.8 Å². The largest absolute Gasteiger partial charge is 0.396 e. The number of unbranched alkanes of at least 4 members (excludes halogenated alkanes) is 1. The molecule has 0 saturated heterocycles. The molecular weight excluding hydrogens is 312 g/mol. The van der Waals surface area contributed by atoms with Gasteiger partial charge in [-0.05, 0) is 30.3 Å². The molecule has 0 amide bonds. The Labute approximate surface area is 138 Å². The topological polar surface area (TPSA) is 88.2 Å². The van der Waals surface area contributed by atoms with Crippen LogP contribution in [0.15, 0.2) is 17.8 Å². The van der Waals surface area contributed by atoms with E-state index in [4.69, 9.17) is 5.11 Å². The fourth-order valence-corrected chi connectivity index (χ4v) is 2.81. The number of aromatic nitrogens is 5. The van der Waals surface area contributed by atoms with Crippen LogP contribution >= 0.6 is 11.5 Å². The van der Waals surface area contributed by atoms with Gasteiger partial charge in [-0.2, -0.15) is 14.6 Å². The molecule has 0 fully saturated rings. The van der Waals surface area contributed by atoms with Crippen molar-refractivity contribution in [3.05, 3.63) is 23.3 Å². The summed E-state index contributed by atoms with van der Waals surface area (Å²) in [6, 6.07) is 0. The van der Waals surface area contributed by atoms with Crippen LogP contribution in [0.25, 0.3) is 17.0 Å². The Morgan fingerprint density at radius 1 is 1.26 bits per heavy atom. The van der Waals surface area contributed by atoms with E-state index in [1.807, 2.05) is 11.6 Å². The van der Waals surface area contributed by atoms with Gasteiger partial charge in [-0.15, -0.1) is 0 Å². The molecule has 3 aromatic heterocycles. The minimum Gasteiger partial charge on any atom is -0.396 e. The van der Waals surface area contributed by atoms with Gasteiger partial charge in [-0.3, -0.25) is 0 Å². The number of fused-ring (bicyclic) bond motifs is 1. The zero-order chi connectivity index (χ0) is 16.2. The van der Waals surface area contributed by atoms with Crippen LogP contribution in [0.4, 0.5) is 5.95 Å². The van der Waals surface area contributed by atoms with E-state index in [0.717, 1.165) is 36.2 Å². The summed E-state index contributed by atoms with van der Waals surface area (Å²) < 4.78 is 5.88. The molecule has 0 spiro atoms. The Bertz CT molecular complexity index is 768. The number of hydrogen-bond donors (Lipinski definition) is 2. The third-order valence-electron chi connectivity index (χ3n) is 3.58. The molecule has 0 aliphatic heterocycles. The Kier molecular flexibility index (Phi) is 4.82. The van der Waals surface area contributed by atoms with Crippen molar-refractivity contribution >= 4 is 23.1 Å². The van der Waals surface area contributed by atoms with Crippen molar-refractivity contribution in [3.63, 3.8) is 0 Å². The molecule has 0 radical (unpaired) electrons. The van der Waals surface area contributed by atoms with Gasteiger partial charge in [0.05, 0.1) is 18.0 Å². The Morgan fingerprint density at radius 3 is 2.83 bits per heavy atom. The van der Waals surface area contributed by atoms with Gasteiger partial charge in [0, 0.05) is 24.1 Å². The first kappa shape index (κ1) is 15.8. The van der Waals surface area contributed by atoms with E-state index in [1.54, 1.807) is 10.7 Å². The lowest BCUT2D eigenvalue weighted by molar-refractivity contribution is 0.286. The molecule has 3 heterocycles. The van der Waals surface area contributed by atoms with Crippen molar-refractivity contribution in [2.45, 2.75) is 32.6 Å². The molecular formula is C15H20N6OS.